The van der Waals surface area contributed by atoms with Crippen LogP contribution < -0.4 is 5.32 Å². The molecule has 0 radical (unpaired) electrons. The number of hydrogen-bond acceptors (Lipinski definition) is 5. The second kappa shape index (κ2) is 7.60. The SMILES string of the molecule is CCN(CC)CCc1noc(CCC2CCNC2)n1. The highest BCUT2D eigenvalue weighted by Gasteiger charge is 2.16. The van der Waals surface area contributed by atoms with E-state index in [4.69, 9.17) is 4.52 Å². The van der Waals surface area contributed by atoms with Crippen molar-refractivity contribution < 1.29 is 4.52 Å². The summed E-state index contributed by atoms with van der Waals surface area (Å²) in [5.74, 6) is 2.44. The van der Waals surface area contributed by atoms with Crippen LogP contribution in [0.2, 0.25) is 0 Å². The molecule has 108 valence electrons. The molecule has 0 amide bonds. The van der Waals surface area contributed by atoms with Gasteiger partial charge in [0.25, 0.3) is 0 Å². The van der Waals surface area contributed by atoms with Crippen LogP contribution in [0.15, 0.2) is 4.52 Å². The quantitative estimate of drug-likeness (QED) is 0.772. The summed E-state index contributed by atoms with van der Waals surface area (Å²) in [5, 5.41) is 7.46. The Kier molecular flexibility index (Phi) is 5.79. The van der Waals surface area contributed by atoms with E-state index in [-0.39, 0.29) is 0 Å². The van der Waals surface area contributed by atoms with Gasteiger partial charge in [0, 0.05) is 19.4 Å². The van der Waals surface area contributed by atoms with Gasteiger partial charge in [0.15, 0.2) is 5.82 Å². The van der Waals surface area contributed by atoms with Crippen LogP contribution in [-0.2, 0) is 12.8 Å². The van der Waals surface area contributed by atoms with Crippen molar-refractivity contribution in [2.24, 2.45) is 5.92 Å². The maximum atomic E-state index is 5.32. The summed E-state index contributed by atoms with van der Waals surface area (Å²) in [5.41, 5.74) is 0. The number of aryl methyl sites for hydroxylation is 1. The predicted octanol–water partition coefficient (Wildman–Crippen LogP) is 1.50. The Morgan fingerprint density at radius 2 is 2.16 bits per heavy atom. The topological polar surface area (TPSA) is 54.2 Å². The molecule has 1 atom stereocenters. The molecule has 5 nitrogen and oxygen atoms in total. The van der Waals surface area contributed by atoms with Crippen molar-refractivity contribution in [1.29, 1.82) is 0 Å². The van der Waals surface area contributed by atoms with Gasteiger partial charge in [0.05, 0.1) is 0 Å². The second-order valence-electron chi connectivity index (χ2n) is 5.28. The molecule has 1 N–H and O–H groups in total. The summed E-state index contributed by atoms with van der Waals surface area (Å²) in [7, 11) is 0. The standard InChI is InChI=1S/C14H26N4O/c1-3-18(4-2)10-8-13-16-14(19-17-13)6-5-12-7-9-15-11-12/h12,15H,3-11H2,1-2H3. The van der Waals surface area contributed by atoms with Gasteiger partial charge >= 0.3 is 0 Å². The van der Waals surface area contributed by atoms with Crippen molar-refractivity contribution in [1.82, 2.24) is 20.4 Å². The van der Waals surface area contributed by atoms with Gasteiger partial charge in [-0.2, -0.15) is 4.98 Å². The first-order valence-corrected chi connectivity index (χ1v) is 7.56. The lowest BCUT2D eigenvalue weighted by Gasteiger charge is -2.16. The maximum absolute atomic E-state index is 5.32. The highest BCUT2D eigenvalue weighted by molar-refractivity contribution is 4.88. The summed E-state index contributed by atoms with van der Waals surface area (Å²) in [6.45, 7) is 9.83. The molecule has 2 heterocycles. The van der Waals surface area contributed by atoms with Crippen LogP contribution in [0.4, 0.5) is 0 Å². The van der Waals surface area contributed by atoms with Crippen molar-refractivity contribution >= 4 is 0 Å². The summed E-state index contributed by atoms with van der Waals surface area (Å²) >= 11 is 0. The van der Waals surface area contributed by atoms with E-state index < -0.39 is 0 Å². The van der Waals surface area contributed by atoms with Gasteiger partial charge in [0.1, 0.15) is 0 Å². The van der Waals surface area contributed by atoms with E-state index >= 15 is 0 Å². The van der Waals surface area contributed by atoms with Gasteiger partial charge in [0.2, 0.25) is 5.89 Å². The minimum atomic E-state index is 0.783. The van der Waals surface area contributed by atoms with Crippen LogP contribution in [0.25, 0.3) is 0 Å². The number of nitrogens with one attached hydrogen (secondary N) is 1. The third-order valence-electron chi connectivity index (χ3n) is 3.99. The normalized spacial score (nSPS) is 19.4. The van der Waals surface area contributed by atoms with E-state index in [1.165, 1.54) is 6.42 Å². The molecule has 1 aliphatic heterocycles. The first-order chi connectivity index (χ1) is 9.31. The van der Waals surface area contributed by atoms with Gasteiger partial charge in [-0.05, 0) is 44.9 Å². The molecule has 1 unspecified atom stereocenters. The molecular formula is C14H26N4O. The number of hydrogen-bond donors (Lipinski definition) is 1. The van der Waals surface area contributed by atoms with E-state index in [0.29, 0.717) is 0 Å². The first kappa shape index (κ1) is 14.5. The third kappa shape index (κ3) is 4.58. The second-order valence-corrected chi connectivity index (χ2v) is 5.28. The Labute approximate surface area is 115 Å². The van der Waals surface area contributed by atoms with Crippen LogP contribution in [0.3, 0.4) is 0 Å². The lowest BCUT2D eigenvalue weighted by atomic mass is 10.0. The molecule has 1 aromatic rings. The Hall–Kier alpha value is -0.940. The van der Waals surface area contributed by atoms with Crippen molar-refractivity contribution in [2.75, 3.05) is 32.7 Å². The average Bonchev–Trinajstić information content (AvgIpc) is 3.09. The van der Waals surface area contributed by atoms with Gasteiger partial charge in [-0.3, -0.25) is 0 Å². The summed E-state index contributed by atoms with van der Waals surface area (Å²) < 4.78 is 5.32. The van der Waals surface area contributed by atoms with Gasteiger partial charge in [-0.1, -0.05) is 19.0 Å². The molecule has 5 heteroatoms. The van der Waals surface area contributed by atoms with Crippen LogP contribution in [0.1, 0.15) is 38.4 Å². The number of aromatic nitrogens is 2. The van der Waals surface area contributed by atoms with Crippen LogP contribution in [-0.4, -0.2) is 47.8 Å². The largest absolute Gasteiger partial charge is 0.339 e. The van der Waals surface area contributed by atoms with Gasteiger partial charge in [-0.15, -0.1) is 0 Å². The molecule has 0 aliphatic carbocycles. The number of rotatable bonds is 8. The van der Waals surface area contributed by atoms with Crippen molar-refractivity contribution in [2.45, 2.75) is 39.5 Å². The van der Waals surface area contributed by atoms with Crippen molar-refractivity contribution in [3.8, 4) is 0 Å². The average molecular weight is 266 g/mol. The van der Waals surface area contributed by atoms with E-state index in [1.807, 2.05) is 0 Å². The minimum absolute atomic E-state index is 0.783. The van der Waals surface area contributed by atoms with E-state index in [2.05, 4.69) is 34.2 Å². The first-order valence-electron chi connectivity index (χ1n) is 7.56. The fourth-order valence-electron chi connectivity index (χ4n) is 2.58. The number of nitrogens with zero attached hydrogens (tertiary/aromatic N) is 3. The lowest BCUT2D eigenvalue weighted by molar-refractivity contribution is 0.302. The predicted molar refractivity (Wildman–Crippen MR) is 75.1 cm³/mol. The molecule has 1 aliphatic rings. The van der Waals surface area contributed by atoms with Gasteiger partial charge < -0.3 is 14.7 Å². The van der Waals surface area contributed by atoms with Crippen LogP contribution >= 0.6 is 0 Å². The molecule has 1 saturated heterocycles. The Bertz CT molecular complexity index is 336. The van der Waals surface area contributed by atoms with E-state index in [1.54, 1.807) is 0 Å². The monoisotopic (exact) mass is 266 g/mol. The molecule has 0 aromatic carbocycles. The summed E-state index contributed by atoms with van der Waals surface area (Å²) in [6.07, 6.45) is 4.24. The zero-order valence-corrected chi connectivity index (χ0v) is 12.2. The zero-order chi connectivity index (χ0) is 13.5. The maximum Gasteiger partial charge on any atom is 0.226 e. The molecule has 19 heavy (non-hydrogen) atoms. The molecule has 1 aromatic heterocycles. The van der Waals surface area contributed by atoms with Crippen LogP contribution in [0, 0.1) is 5.92 Å². The fourth-order valence-corrected chi connectivity index (χ4v) is 2.58. The minimum Gasteiger partial charge on any atom is -0.339 e. The lowest BCUT2D eigenvalue weighted by Crippen LogP contribution is -2.25. The zero-order valence-electron chi connectivity index (χ0n) is 12.2. The van der Waals surface area contributed by atoms with E-state index in [9.17, 15) is 0 Å². The van der Waals surface area contributed by atoms with E-state index in [0.717, 1.165) is 69.6 Å². The van der Waals surface area contributed by atoms with Crippen molar-refractivity contribution in [3.05, 3.63) is 11.7 Å². The molecule has 2 rings (SSSR count). The number of likely N-dealkylation sites (N-methyl/N-ethyl adjacent to an activating group) is 1. The highest BCUT2D eigenvalue weighted by Crippen LogP contribution is 2.15. The summed E-state index contributed by atoms with van der Waals surface area (Å²) in [4.78, 5) is 6.86. The summed E-state index contributed by atoms with van der Waals surface area (Å²) in [6, 6.07) is 0. The third-order valence-corrected chi connectivity index (χ3v) is 3.99. The molecule has 0 spiro atoms. The van der Waals surface area contributed by atoms with Crippen LogP contribution in [0.5, 0.6) is 0 Å². The fraction of sp³-hybridized carbons (Fsp3) is 0.857. The van der Waals surface area contributed by atoms with Crippen molar-refractivity contribution in [3.63, 3.8) is 0 Å². The molecular weight excluding hydrogens is 240 g/mol. The highest BCUT2D eigenvalue weighted by atomic mass is 16.5. The molecule has 0 saturated carbocycles. The molecule has 1 fully saturated rings. The Balaban J connectivity index is 1.71. The molecule has 0 bridgehead atoms. The van der Waals surface area contributed by atoms with Gasteiger partial charge in [-0.25, -0.2) is 0 Å². The Morgan fingerprint density at radius 1 is 1.32 bits per heavy atom. The smallest absolute Gasteiger partial charge is 0.226 e. The Morgan fingerprint density at radius 3 is 2.84 bits per heavy atom.